The number of rotatable bonds is 3. The summed E-state index contributed by atoms with van der Waals surface area (Å²) in [4.78, 5) is 20.5. The van der Waals surface area contributed by atoms with Gasteiger partial charge in [0, 0.05) is 12.2 Å². The number of carbonyl (C=O) groups is 2. The molecule has 0 aliphatic carbocycles. The standard InChI is InChI=1S/C9H10N2O2/c10-8-3-1-2-7(4-8)5-11-9(13)6-12/h1-4,6H,5,10H2,(H,11,13). The van der Waals surface area contributed by atoms with Gasteiger partial charge in [0.05, 0.1) is 0 Å². The highest BCUT2D eigenvalue weighted by molar-refractivity contribution is 6.23. The summed E-state index contributed by atoms with van der Waals surface area (Å²) in [5, 5.41) is 2.41. The molecule has 0 fully saturated rings. The summed E-state index contributed by atoms with van der Waals surface area (Å²) in [7, 11) is 0. The molecule has 13 heavy (non-hydrogen) atoms. The molecule has 1 aromatic rings. The van der Waals surface area contributed by atoms with Crippen molar-refractivity contribution in [3.8, 4) is 0 Å². The predicted molar refractivity (Wildman–Crippen MR) is 48.8 cm³/mol. The third kappa shape index (κ3) is 2.94. The van der Waals surface area contributed by atoms with Crippen LogP contribution >= 0.6 is 0 Å². The smallest absolute Gasteiger partial charge is 0.284 e. The summed E-state index contributed by atoms with van der Waals surface area (Å²) in [6.45, 7) is 0.322. The van der Waals surface area contributed by atoms with Crippen LogP contribution in [0.25, 0.3) is 0 Å². The van der Waals surface area contributed by atoms with Crippen LogP contribution in [-0.4, -0.2) is 12.2 Å². The van der Waals surface area contributed by atoms with Crippen LogP contribution in [0.5, 0.6) is 0 Å². The van der Waals surface area contributed by atoms with Crippen LogP contribution in [0, 0.1) is 0 Å². The lowest BCUT2D eigenvalue weighted by Gasteiger charge is -2.01. The maximum Gasteiger partial charge on any atom is 0.284 e. The van der Waals surface area contributed by atoms with Gasteiger partial charge >= 0.3 is 0 Å². The van der Waals surface area contributed by atoms with Gasteiger partial charge in [-0.05, 0) is 17.7 Å². The Morgan fingerprint density at radius 2 is 2.31 bits per heavy atom. The van der Waals surface area contributed by atoms with Crippen molar-refractivity contribution >= 4 is 17.9 Å². The summed E-state index contributed by atoms with van der Waals surface area (Å²) in [5.41, 5.74) is 7.02. The largest absolute Gasteiger partial charge is 0.399 e. The minimum Gasteiger partial charge on any atom is -0.399 e. The highest BCUT2D eigenvalue weighted by Gasteiger charge is 1.97. The molecule has 0 saturated carbocycles. The van der Waals surface area contributed by atoms with Crippen LogP contribution in [0.15, 0.2) is 24.3 Å². The van der Waals surface area contributed by atoms with Gasteiger partial charge in [-0.25, -0.2) is 0 Å². The SMILES string of the molecule is Nc1cccc(CNC(=O)C=O)c1. The average molecular weight is 178 g/mol. The summed E-state index contributed by atoms with van der Waals surface area (Å²) in [6, 6.07) is 7.11. The highest BCUT2D eigenvalue weighted by atomic mass is 16.2. The van der Waals surface area contributed by atoms with E-state index < -0.39 is 5.91 Å². The summed E-state index contributed by atoms with van der Waals surface area (Å²) in [5.74, 6) is -0.623. The topological polar surface area (TPSA) is 72.2 Å². The Hall–Kier alpha value is -1.84. The highest BCUT2D eigenvalue weighted by Crippen LogP contribution is 2.05. The van der Waals surface area contributed by atoms with Gasteiger partial charge in [-0.3, -0.25) is 9.59 Å². The number of nitrogens with one attached hydrogen (secondary N) is 1. The molecular weight excluding hydrogens is 168 g/mol. The van der Waals surface area contributed by atoms with Crippen LogP contribution < -0.4 is 11.1 Å². The maximum absolute atomic E-state index is 10.6. The van der Waals surface area contributed by atoms with E-state index in [-0.39, 0.29) is 6.29 Å². The van der Waals surface area contributed by atoms with E-state index in [0.717, 1.165) is 5.56 Å². The molecule has 0 heterocycles. The summed E-state index contributed by atoms with van der Waals surface area (Å²) in [6.07, 6.45) is 0.242. The zero-order valence-corrected chi connectivity index (χ0v) is 6.99. The Morgan fingerprint density at radius 1 is 1.54 bits per heavy atom. The quantitative estimate of drug-likeness (QED) is 0.391. The van der Waals surface area contributed by atoms with Gasteiger partial charge in [0.1, 0.15) is 0 Å². The first-order valence-corrected chi connectivity index (χ1v) is 3.80. The molecule has 1 rings (SSSR count). The van der Waals surface area contributed by atoms with Crippen molar-refractivity contribution in [2.24, 2.45) is 0 Å². The number of amides is 1. The molecular formula is C9H10N2O2. The van der Waals surface area contributed by atoms with E-state index in [1.807, 2.05) is 6.07 Å². The van der Waals surface area contributed by atoms with E-state index in [1.54, 1.807) is 18.2 Å². The second kappa shape index (κ2) is 4.25. The lowest BCUT2D eigenvalue weighted by molar-refractivity contribution is -0.131. The van der Waals surface area contributed by atoms with Gasteiger partial charge in [-0.2, -0.15) is 0 Å². The number of carbonyl (C=O) groups excluding carboxylic acids is 2. The maximum atomic E-state index is 10.6. The van der Waals surface area contributed by atoms with Crippen molar-refractivity contribution in [1.82, 2.24) is 5.32 Å². The second-order valence-corrected chi connectivity index (χ2v) is 2.58. The van der Waals surface area contributed by atoms with Gasteiger partial charge in [0.15, 0.2) is 0 Å². The molecule has 0 radical (unpaired) electrons. The third-order valence-electron chi connectivity index (χ3n) is 1.52. The van der Waals surface area contributed by atoms with E-state index in [0.29, 0.717) is 12.2 Å². The normalized spacial score (nSPS) is 9.23. The Morgan fingerprint density at radius 3 is 2.92 bits per heavy atom. The van der Waals surface area contributed by atoms with Crippen LogP contribution in [0.3, 0.4) is 0 Å². The van der Waals surface area contributed by atoms with Gasteiger partial charge in [-0.1, -0.05) is 12.1 Å². The van der Waals surface area contributed by atoms with Crippen molar-refractivity contribution < 1.29 is 9.59 Å². The number of aldehydes is 1. The molecule has 0 spiro atoms. The number of nitrogens with two attached hydrogens (primary N) is 1. The first-order valence-electron chi connectivity index (χ1n) is 3.80. The fourth-order valence-electron chi connectivity index (χ4n) is 0.934. The Labute approximate surface area is 75.7 Å². The number of hydrogen-bond acceptors (Lipinski definition) is 3. The van der Waals surface area contributed by atoms with Crippen LogP contribution in [0.1, 0.15) is 5.56 Å². The van der Waals surface area contributed by atoms with Crippen molar-refractivity contribution in [1.29, 1.82) is 0 Å². The first-order chi connectivity index (χ1) is 6.22. The molecule has 0 saturated heterocycles. The van der Waals surface area contributed by atoms with E-state index in [9.17, 15) is 9.59 Å². The number of anilines is 1. The molecule has 0 unspecified atom stereocenters. The summed E-state index contributed by atoms with van der Waals surface area (Å²) < 4.78 is 0. The Kier molecular flexibility index (Phi) is 3.03. The monoisotopic (exact) mass is 178 g/mol. The Bertz CT molecular complexity index is 323. The number of benzene rings is 1. The minimum atomic E-state index is -0.623. The van der Waals surface area contributed by atoms with E-state index in [4.69, 9.17) is 5.73 Å². The van der Waals surface area contributed by atoms with Crippen molar-refractivity contribution in [2.45, 2.75) is 6.54 Å². The number of nitrogen functional groups attached to an aromatic ring is 1. The lowest BCUT2D eigenvalue weighted by Crippen LogP contribution is -2.23. The molecule has 0 aliphatic rings. The van der Waals surface area contributed by atoms with Crippen molar-refractivity contribution in [3.63, 3.8) is 0 Å². The van der Waals surface area contributed by atoms with Crippen LogP contribution in [-0.2, 0) is 16.1 Å². The van der Waals surface area contributed by atoms with Gasteiger partial charge in [0.25, 0.3) is 5.91 Å². The van der Waals surface area contributed by atoms with Gasteiger partial charge < -0.3 is 11.1 Å². The molecule has 0 atom stereocenters. The zero-order valence-electron chi connectivity index (χ0n) is 6.99. The van der Waals surface area contributed by atoms with Crippen molar-refractivity contribution in [3.05, 3.63) is 29.8 Å². The fraction of sp³-hybridized carbons (Fsp3) is 0.111. The van der Waals surface area contributed by atoms with Gasteiger partial charge in [0.2, 0.25) is 6.29 Å². The molecule has 0 bridgehead atoms. The van der Waals surface area contributed by atoms with E-state index in [2.05, 4.69) is 5.32 Å². The predicted octanol–water partition coefficient (Wildman–Crippen LogP) is 0.0839. The molecule has 1 amide bonds. The second-order valence-electron chi connectivity index (χ2n) is 2.58. The lowest BCUT2D eigenvalue weighted by atomic mass is 10.2. The molecule has 0 aliphatic heterocycles. The van der Waals surface area contributed by atoms with E-state index >= 15 is 0 Å². The Balaban J connectivity index is 2.54. The summed E-state index contributed by atoms with van der Waals surface area (Å²) >= 11 is 0. The third-order valence-corrected chi connectivity index (χ3v) is 1.52. The minimum absolute atomic E-state index is 0.242. The van der Waals surface area contributed by atoms with Crippen LogP contribution in [0.2, 0.25) is 0 Å². The van der Waals surface area contributed by atoms with E-state index in [1.165, 1.54) is 0 Å². The van der Waals surface area contributed by atoms with Crippen molar-refractivity contribution in [2.75, 3.05) is 5.73 Å². The van der Waals surface area contributed by atoms with Crippen LogP contribution in [0.4, 0.5) is 5.69 Å². The van der Waals surface area contributed by atoms with Gasteiger partial charge in [-0.15, -0.1) is 0 Å². The molecule has 3 N–H and O–H groups in total. The molecule has 1 aromatic carbocycles. The molecule has 0 aromatic heterocycles. The molecule has 68 valence electrons. The average Bonchev–Trinajstić information content (AvgIpc) is 2.14. The first kappa shape index (κ1) is 9.25. The number of hydrogen-bond donors (Lipinski definition) is 2. The molecule has 4 heteroatoms. The fourth-order valence-corrected chi connectivity index (χ4v) is 0.934. The zero-order chi connectivity index (χ0) is 9.68. The molecule has 4 nitrogen and oxygen atoms in total.